The highest BCUT2D eigenvalue weighted by molar-refractivity contribution is 5.87. The van der Waals surface area contributed by atoms with Gasteiger partial charge >= 0.3 is 0 Å². The lowest BCUT2D eigenvalue weighted by atomic mass is 9.47. The number of allylic oxidation sites excluding steroid dienone is 2. The minimum absolute atomic E-state index is 0.0303. The van der Waals surface area contributed by atoms with Gasteiger partial charge in [0, 0.05) is 11.8 Å². The van der Waals surface area contributed by atoms with Crippen molar-refractivity contribution in [1.82, 2.24) is 4.90 Å². The van der Waals surface area contributed by atoms with Crippen molar-refractivity contribution in [2.24, 2.45) is 34.5 Å². The number of hydrogen-bond donors (Lipinski definition) is 0. The summed E-state index contributed by atoms with van der Waals surface area (Å²) in [5.41, 5.74) is 2.28. The van der Waals surface area contributed by atoms with E-state index in [0.29, 0.717) is 17.1 Å². The maximum Gasteiger partial charge on any atom is 0.139 e. The largest absolute Gasteiger partial charge is 0.309 e. The van der Waals surface area contributed by atoms with Crippen LogP contribution in [0.4, 0.5) is 0 Å². The van der Waals surface area contributed by atoms with E-state index in [1.807, 2.05) is 5.57 Å². The van der Waals surface area contributed by atoms with E-state index in [-0.39, 0.29) is 5.41 Å². The summed E-state index contributed by atoms with van der Waals surface area (Å²) in [6, 6.07) is 0. The smallest absolute Gasteiger partial charge is 0.139 e. The third-order valence-corrected chi connectivity index (χ3v) is 9.60. The highest BCUT2D eigenvalue weighted by atomic mass is 16.1. The fourth-order valence-electron chi connectivity index (χ4n) is 7.81. The van der Waals surface area contributed by atoms with Crippen molar-refractivity contribution in [1.29, 1.82) is 0 Å². The first-order chi connectivity index (χ1) is 13.3. The molecule has 0 saturated heterocycles. The van der Waals surface area contributed by atoms with Crippen molar-refractivity contribution in [3.05, 3.63) is 11.6 Å². The Balaban J connectivity index is 1.39. The van der Waals surface area contributed by atoms with Crippen molar-refractivity contribution in [2.45, 2.75) is 90.9 Å². The number of ketones is 1. The van der Waals surface area contributed by atoms with Crippen molar-refractivity contribution in [2.75, 3.05) is 20.6 Å². The fourth-order valence-corrected chi connectivity index (χ4v) is 7.81. The zero-order valence-electron chi connectivity index (χ0n) is 18.9. The van der Waals surface area contributed by atoms with Gasteiger partial charge in [-0.15, -0.1) is 0 Å². The van der Waals surface area contributed by atoms with Gasteiger partial charge in [-0.1, -0.05) is 38.3 Å². The molecule has 0 radical (unpaired) electrons. The Hall–Kier alpha value is -0.630. The number of Topliss-reactive ketones (excluding diaryl/α,β-unsaturated/α-hetero) is 1. The monoisotopic (exact) mass is 385 g/mol. The molecular weight excluding hydrogens is 342 g/mol. The summed E-state index contributed by atoms with van der Waals surface area (Å²) >= 11 is 0. The number of rotatable bonds is 6. The summed E-state index contributed by atoms with van der Waals surface area (Å²) in [6.45, 7) is 6.14. The molecule has 0 aromatic carbocycles. The van der Waals surface area contributed by atoms with Gasteiger partial charge in [0.2, 0.25) is 0 Å². The zero-order valence-corrected chi connectivity index (χ0v) is 18.9. The van der Waals surface area contributed by atoms with E-state index >= 15 is 0 Å². The van der Waals surface area contributed by atoms with E-state index in [2.05, 4.69) is 38.9 Å². The Bertz CT molecular complexity index is 622. The van der Waals surface area contributed by atoms with Crippen LogP contribution < -0.4 is 0 Å². The molecule has 0 spiro atoms. The van der Waals surface area contributed by atoms with Crippen LogP contribution in [-0.2, 0) is 4.79 Å². The first-order valence-corrected chi connectivity index (χ1v) is 12.2. The van der Waals surface area contributed by atoms with Crippen LogP contribution in [0.3, 0.4) is 0 Å². The van der Waals surface area contributed by atoms with E-state index in [0.717, 1.165) is 30.6 Å². The minimum Gasteiger partial charge on any atom is -0.309 e. The molecule has 2 nitrogen and oxygen atoms in total. The first-order valence-electron chi connectivity index (χ1n) is 12.2. The lowest BCUT2D eigenvalue weighted by Gasteiger charge is -2.57. The van der Waals surface area contributed by atoms with Crippen LogP contribution in [-0.4, -0.2) is 31.3 Å². The molecule has 4 rings (SSSR count). The highest BCUT2D eigenvalue weighted by Crippen LogP contribution is 2.64. The Kier molecular flexibility index (Phi) is 5.82. The topological polar surface area (TPSA) is 20.3 Å². The molecule has 6 unspecified atom stereocenters. The fraction of sp³-hybridized carbons (Fsp3) is 0.885. The second kappa shape index (κ2) is 7.89. The molecule has 0 aliphatic heterocycles. The summed E-state index contributed by atoms with van der Waals surface area (Å²) in [5.74, 6) is 3.76. The highest BCUT2D eigenvalue weighted by Gasteiger charge is 2.58. The summed E-state index contributed by atoms with van der Waals surface area (Å²) in [4.78, 5) is 14.9. The quantitative estimate of drug-likeness (QED) is 0.397. The molecule has 0 heterocycles. The van der Waals surface area contributed by atoms with Crippen LogP contribution in [0.2, 0.25) is 0 Å². The Morgan fingerprint density at radius 2 is 1.68 bits per heavy atom. The van der Waals surface area contributed by atoms with E-state index < -0.39 is 0 Å². The SMILES string of the molecule is CN(C)CCCCCC1C=C2CCC3C4CCC(=O)C4(C)CCC3C2(C)CC1. The maximum absolute atomic E-state index is 12.6. The number of nitrogens with zero attached hydrogens (tertiary/aromatic N) is 1. The number of hydrogen-bond acceptors (Lipinski definition) is 2. The lowest BCUT2D eigenvalue weighted by molar-refractivity contribution is -0.132. The van der Waals surface area contributed by atoms with Crippen molar-refractivity contribution < 1.29 is 4.79 Å². The van der Waals surface area contributed by atoms with Crippen LogP contribution in [0.25, 0.3) is 0 Å². The predicted octanol–water partition coefficient (Wildman–Crippen LogP) is 6.26. The molecule has 3 fully saturated rings. The van der Waals surface area contributed by atoms with Crippen molar-refractivity contribution >= 4 is 5.78 Å². The van der Waals surface area contributed by atoms with Crippen LogP contribution in [0.1, 0.15) is 90.9 Å². The van der Waals surface area contributed by atoms with E-state index in [1.165, 1.54) is 70.8 Å². The molecule has 0 aromatic rings. The van der Waals surface area contributed by atoms with Gasteiger partial charge < -0.3 is 4.90 Å². The average molecular weight is 386 g/mol. The van der Waals surface area contributed by atoms with E-state index in [1.54, 1.807) is 0 Å². The van der Waals surface area contributed by atoms with Crippen LogP contribution in [0.5, 0.6) is 0 Å². The maximum atomic E-state index is 12.6. The van der Waals surface area contributed by atoms with Gasteiger partial charge in [0.05, 0.1) is 0 Å². The zero-order chi connectivity index (χ0) is 19.9. The summed E-state index contributed by atoms with van der Waals surface area (Å²) in [6.07, 6.45) is 18.2. The Morgan fingerprint density at radius 3 is 2.46 bits per heavy atom. The summed E-state index contributed by atoms with van der Waals surface area (Å²) in [7, 11) is 4.36. The molecule has 28 heavy (non-hydrogen) atoms. The van der Waals surface area contributed by atoms with Gasteiger partial charge in [-0.25, -0.2) is 0 Å². The van der Waals surface area contributed by atoms with Crippen molar-refractivity contribution in [3.63, 3.8) is 0 Å². The summed E-state index contributed by atoms with van der Waals surface area (Å²) < 4.78 is 0. The predicted molar refractivity (Wildman–Crippen MR) is 117 cm³/mol. The normalized spacial score (nSPS) is 42.8. The summed E-state index contributed by atoms with van der Waals surface area (Å²) in [5, 5.41) is 0. The van der Waals surface area contributed by atoms with Gasteiger partial charge in [-0.2, -0.15) is 0 Å². The van der Waals surface area contributed by atoms with E-state index in [9.17, 15) is 4.79 Å². The number of carbonyl (C=O) groups is 1. The molecule has 158 valence electrons. The third kappa shape index (κ3) is 3.53. The molecule has 4 aliphatic rings. The Labute approximate surface area is 173 Å². The molecule has 0 bridgehead atoms. The van der Waals surface area contributed by atoms with Gasteiger partial charge in [-0.05, 0) is 108 Å². The molecule has 0 N–H and O–H groups in total. The van der Waals surface area contributed by atoms with Gasteiger partial charge in [0.15, 0.2) is 0 Å². The van der Waals surface area contributed by atoms with Crippen LogP contribution in [0, 0.1) is 34.5 Å². The number of carbonyl (C=O) groups excluding carboxylic acids is 1. The van der Waals surface area contributed by atoms with Gasteiger partial charge in [0.1, 0.15) is 5.78 Å². The standard InChI is InChI=1S/C26H43NO/c1-25-15-13-19(8-6-5-7-17-27(3)4)18-20(25)9-10-21-22-11-12-24(28)26(22,2)16-14-23(21)25/h18-19,21-23H,5-17H2,1-4H3. The molecular formula is C26H43NO. The third-order valence-electron chi connectivity index (χ3n) is 9.60. The molecule has 6 atom stereocenters. The molecule has 3 saturated carbocycles. The van der Waals surface area contributed by atoms with Gasteiger partial charge in [-0.3, -0.25) is 4.79 Å². The van der Waals surface area contributed by atoms with E-state index in [4.69, 9.17) is 0 Å². The molecule has 0 amide bonds. The average Bonchev–Trinajstić information content (AvgIpc) is 2.96. The Morgan fingerprint density at radius 1 is 0.929 bits per heavy atom. The second-order valence-electron chi connectivity index (χ2n) is 11.4. The number of unbranched alkanes of at least 4 members (excludes halogenated alkanes) is 2. The minimum atomic E-state index is 0.0303. The first kappa shape index (κ1) is 20.6. The van der Waals surface area contributed by atoms with Crippen LogP contribution in [0.15, 0.2) is 11.6 Å². The number of fused-ring (bicyclic) bond motifs is 5. The van der Waals surface area contributed by atoms with Crippen LogP contribution >= 0.6 is 0 Å². The second-order valence-corrected chi connectivity index (χ2v) is 11.4. The lowest BCUT2D eigenvalue weighted by Crippen LogP contribution is -2.50. The molecule has 2 heteroatoms. The van der Waals surface area contributed by atoms with Crippen molar-refractivity contribution in [3.8, 4) is 0 Å². The van der Waals surface area contributed by atoms with Gasteiger partial charge in [0.25, 0.3) is 0 Å². The molecule has 0 aromatic heterocycles. The molecule has 4 aliphatic carbocycles.